The highest BCUT2D eigenvalue weighted by molar-refractivity contribution is 5.76. The largest absolute Gasteiger partial charge is 0.356 e. The SMILES string of the molecule is CCCCC(CC)CNC(=O)CC(N)C1CC1. The number of carbonyl (C=O) groups excluding carboxylic acids is 1. The van der Waals surface area contributed by atoms with Crippen LogP contribution in [0.25, 0.3) is 0 Å². The molecule has 1 fully saturated rings. The van der Waals surface area contributed by atoms with Crippen LogP contribution in [-0.2, 0) is 4.79 Å². The van der Waals surface area contributed by atoms with Gasteiger partial charge in [-0.2, -0.15) is 0 Å². The predicted molar refractivity (Wildman–Crippen MR) is 71.6 cm³/mol. The minimum Gasteiger partial charge on any atom is -0.356 e. The molecule has 0 spiro atoms. The van der Waals surface area contributed by atoms with Gasteiger partial charge in [-0.15, -0.1) is 0 Å². The maximum absolute atomic E-state index is 11.7. The van der Waals surface area contributed by atoms with Crippen LogP contribution in [0, 0.1) is 11.8 Å². The minimum absolute atomic E-state index is 0.0886. The molecule has 0 heterocycles. The van der Waals surface area contributed by atoms with Crippen molar-refractivity contribution in [3.63, 3.8) is 0 Å². The van der Waals surface area contributed by atoms with Gasteiger partial charge in [0.05, 0.1) is 0 Å². The minimum atomic E-state index is 0.0886. The van der Waals surface area contributed by atoms with Crippen molar-refractivity contribution in [2.24, 2.45) is 17.6 Å². The van der Waals surface area contributed by atoms with Crippen molar-refractivity contribution in [1.29, 1.82) is 0 Å². The lowest BCUT2D eigenvalue weighted by atomic mass is 9.99. The summed E-state index contributed by atoms with van der Waals surface area (Å²) in [6.07, 6.45) is 7.80. The molecule has 3 heteroatoms. The predicted octanol–water partition coefficient (Wildman–Crippen LogP) is 2.45. The Morgan fingerprint density at radius 1 is 1.41 bits per heavy atom. The van der Waals surface area contributed by atoms with Crippen molar-refractivity contribution < 1.29 is 4.79 Å². The summed E-state index contributed by atoms with van der Waals surface area (Å²) < 4.78 is 0. The Morgan fingerprint density at radius 3 is 2.65 bits per heavy atom. The second-order valence-electron chi connectivity index (χ2n) is 5.43. The van der Waals surface area contributed by atoms with Gasteiger partial charge in [-0.25, -0.2) is 0 Å². The van der Waals surface area contributed by atoms with Crippen molar-refractivity contribution in [3.05, 3.63) is 0 Å². The summed E-state index contributed by atoms with van der Waals surface area (Å²) in [4.78, 5) is 11.7. The molecule has 100 valence electrons. The smallest absolute Gasteiger partial charge is 0.221 e. The first kappa shape index (κ1) is 14.5. The van der Waals surface area contributed by atoms with E-state index < -0.39 is 0 Å². The molecule has 17 heavy (non-hydrogen) atoms. The zero-order chi connectivity index (χ0) is 12.7. The van der Waals surface area contributed by atoms with E-state index >= 15 is 0 Å². The zero-order valence-corrected chi connectivity index (χ0v) is 11.4. The molecule has 0 aromatic rings. The third-order valence-corrected chi connectivity index (χ3v) is 3.78. The molecule has 1 rings (SSSR count). The molecule has 0 aromatic carbocycles. The molecule has 0 aromatic heterocycles. The number of rotatable bonds is 9. The van der Waals surface area contributed by atoms with E-state index in [1.165, 1.54) is 32.1 Å². The number of unbranched alkanes of at least 4 members (excludes halogenated alkanes) is 1. The second-order valence-corrected chi connectivity index (χ2v) is 5.43. The standard InChI is InChI=1S/C14H28N2O/c1-3-5-6-11(4-2)10-16-14(17)9-13(15)12-7-8-12/h11-13H,3-10,15H2,1-2H3,(H,16,17). The van der Waals surface area contributed by atoms with E-state index in [1.54, 1.807) is 0 Å². The summed E-state index contributed by atoms with van der Waals surface area (Å²) in [7, 11) is 0. The van der Waals surface area contributed by atoms with Gasteiger partial charge in [0.1, 0.15) is 0 Å². The molecule has 1 aliphatic carbocycles. The van der Waals surface area contributed by atoms with Crippen molar-refractivity contribution >= 4 is 5.91 Å². The molecule has 3 N–H and O–H groups in total. The molecule has 0 bridgehead atoms. The molecule has 0 aliphatic heterocycles. The van der Waals surface area contributed by atoms with Gasteiger partial charge in [-0.3, -0.25) is 4.79 Å². The summed E-state index contributed by atoms with van der Waals surface area (Å²) >= 11 is 0. The van der Waals surface area contributed by atoms with Gasteiger partial charge in [-0.1, -0.05) is 33.1 Å². The number of hydrogen-bond acceptors (Lipinski definition) is 2. The van der Waals surface area contributed by atoms with Gasteiger partial charge in [0.2, 0.25) is 5.91 Å². The number of hydrogen-bond donors (Lipinski definition) is 2. The Labute approximate surface area is 106 Å². The lowest BCUT2D eigenvalue weighted by Gasteiger charge is -2.16. The number of carbonyl (C=O) groups is 1. The normalized spacial score (nSPS) is 18.8. The Hall–Kier alpha value is -0.570. The summed E-state index contributed by atoms with van der Waals surface area (Å²) in [6.45, 7) is 5.23. The van der Waals surface area contributed by atoms with Crippen LogP contribution in [-0.4, -0.2) is 18.5 Å². The van der Waals surface area contributed by atoms with Crippen LogP contribution in [0.15, 0.2) is 0 Å². The first-order valence-electron chi connectivity index (χ1n) is 7.19. The molecule has 2 atom stereocenters. The van der Waals surface area contributed by atoms with Gasteiger partial charge in [0.25, 0.3) is 0 Å². The summed E-state index contributed by atoms with van der Waals surface area (Å²) in [6, 6.07) is 0.0886. The van der Waals surface area contributed by atoms with Crippen molar-refractivity contribution in [2.75, 3.05) is 6.54 Å². The molecular formula is C14H28N2O. The van der Waals surface area contributed by atoms with Crippen LogP contribution in [0.4, 0.5) is 0 Å². The first-order chi connectivity index (χ1) is 8.17. The highest BCUT2D eigenvalue weighted by Gasteiger charge is 2.29. The number of amides is 1. The van der Waals surface area contributed by atoms with Crippen molar-refractivity contribution in [1.82, 2.24) is 5.32 Å². The summed E-state index contributed by atoms with van der Waals surface area (Å²) in [5.41, 5.74) is 5.94. The van der Waals surface area contributed by atoms with Crippen LogP contribution in [0.3, 0.4) is 0 Å². The third-order valence-electron chi connectivity index (χ3n) is 3.78. The lowest BCUT2D eigenvalue weighted by molar-refractivity contribution is -0.121. The Kier molecular flexibility index (Phi) is 6.56. The summed E-state index contributed by atoms with van der Waals surface area (Å²) in [5.74, 6) is 1.39. The molecule has 3 nitrogen and oxygen atoms in total. The van der Waals surface area contributed by atoms with E-state index in [4.69, 9.17) is 5.73 Å². The van der Waals surface area contributed by atoms with Gasteiger partial charge in [0.15, 0.2) is 0 Å². The second kappa shape index (κ2) is 7.70. The molecule has 2 unspecified atom stereocenters. The van der Waals surface area contributed by atoms with E-state index in [-0.39, 0.29) is 11.9 Å². The fourth-order valence-corrected chi connectivity index (χ4v) is 2.18. The molecule has 1 aliphatic rings. The van der Waals surface area contributed by atoms with Crippen LogP contribution in [0.1, 0.15) is 58.8 Å². The van der Waals surface area contributed by atoms with E-state index in [0.29, 0.717) is 18.3 Å². The molecular weight excluding hydrogens is 212 g/mol. The molecule has 1 amide bonds. The van der Waals surface area contributed by atoms with Crippen molar-refractivity contribution in [2.45, 2.75) is 64.8 Å². The van der Waals surface area contributed by atoms with Gasteiger partial charge < -0.3 is 11.1 Å². The van der Waals surface area contributed by atoms with Crippen LogP contribution in [0.5, 0.6) is 0 Å². The Balaban J connectivity index is 2.11. The van der Waals surface area contributed by atoms with Crippen LogP contribution >= 0.6 is 0 Å². The first-order valence-corrected chi connectivity index (χ1v) is 7.19. The van der Waals surface area contributed by atoms with E-state index in [2.05, 4.69) is 19.2 Å². The maximum Gasteiger partial charge on any atom is 0.221 e. The third kappa shape index (κ3) is 6.06. The quantitative estimate of drug-likeness (QED) is 0.650. The topological polar surface area (TPSA) is 55.1 Å². The monoisotopic (exact) mass is 240 g/mol. The number of nitrogens with one attached hydrogen (secondary N) is 1. The van der Waals surface area contributed by atoms with Crippen LogP contribution < -0.4 is 11.1 Å². The van der Waals surface area contributed by atoms with Crippen molar-refractivity contribution in [3.8, 4) is 0 Å². The molecule has 0 radical (unpaired) electrons. The lowest BCUT2D eigenvalue weighted by Crippen LogP contribution is -2.35. The van der Waals surface area contributed by atoms with E-state index in [9.17, 15) is 4.79 Å². The zero-order valence-electron chi connectivity index (χ0n) is 11.4. The van der Waals surface area contributed by atoms with E-state index in [0.717, 1.165) is 13.0 Å². The molecule has 0 saturated heterocycles. The summed E-state index contributed by atoms with van der Waals surface area (Å²) in [5, 5.41) is 3.04. The van der Waals surface area contributed by atoms with Gasteiger partial charge in [0, 0.05) is 19.0 Å². The maximum atomic E-state index is 11.7. The van der Waals surface area contributed by atoms with Crippen LogP contribution in [0.2, 0.25) is 0 Å². The highest BCUT2D eigenvalue weighted by Crippen LogP contribution is 2.32. The molecule has 1 saturated carbocycles. The average Bonchev–Trinajstić information content (AvgIpc) is 3.13. The van der Waals surface area contributed by atoms with E-state index in [1.807, 2.05) is 0 Å². The van der Waals surface area contributed by atoms with Gasteiger partial charge in [-0.05, 0) is 31.1 Å². The fraction of sp³-hybridized carbons (Fsp3) is 0.929. The highest BCUT2D eigenvalue weighted by atomic mass is 16.1. The average molecular weight is 240 g/mol. The Morgan fingerprint density at radius 2 is 2.12 bits per heavy atom. The Bertz CT molecular complexity index is 226. The number of nitrogens with two attached hydrogens (primary N) is 1. The van der Waals surface area contributed by atoms with Gasteiger partial charge >= 0.3 is 0 Å². The fourth-order valence-electron chi connectivity index (χ4n) is 2.18.